The van der Waals surface area contributed by atoms with E-state index in [0.29, 0.717) is 18.5 Å². The first kappa shape index (κ1) is 17.1. The molecular weight excluding hydrogens is 292 g/mol. The number of carbonyl (C=O) groups is 1. The molecule has 0 aliphatic heterocycles. The van der Waals surface area contributed by atoms with Crippen molar-refractivity contribution in [3.8, 4) is 0 Å². The Labute approximate surface area is 129 Å². The van der Waals surface area contributed by atoms with Gasteiger partial charge in [-0.25, -0.2) is 0 Å². The molecule has 0 radical (unpaired) electrons. The third-order valence-corrected chi connectivity index (χ3v) is 4.67. The molecule has 0 saturated heterocycles. The molecular formula is C15H27NO2Zn. The minimum Gasteiger partial charge on any atom is -0.481 e. The number of nitrogens with zero attached hydrogens (tertiary/aromatic N) is 1. The molecule has 2 fully saturated rings. The fourth-order valence-corrected chi connectivity index (χ4v) is 3.71. The van der Waals surface area contributed by atoms with Crippen LogP contribution in [-0.2, 0) is 24.3 Å². The van der Waals surface area contributed by atoms with Crippen LogP contribution in [0.15, 0.2) is 0 Å². The quantitative estimate of drug-likeness (QED) is 0.790. The van der Waals surface area contributed by atoms with Gasteiger partial charge < -0.3 is 5.11 Å². The van der Waals surface area contributed by atoms with E-state index in [9.17, 15) is 4.79 Å². The molecule has 2 aliphatic rings. The van der Waals surface area contributed by atoms with Crippen molar-refractivity contribution in [1.82, 2.24) is 4.90 Å². The van der Waals surface area contributed by atoms with E-state index in [1.807, 2.05) is 0 Å². The Hall–Kier alpha value is 0.0534. The predicted molar refractivity (Wildman–Crippen MR) is 72.7 cm³/mol. The van der Waals surface area contributed by atoms with Crippen LogP contribution in [0.25, 0.3) is 0 Å². The molecule has 0 aromatic rings. The van der Waals surface area contributed by atoms with Gasteiger partial charge in [0.15, 0.2) is 0 Å². The Balaban J connectivity index is 0.00000180. The van der Waals surface area contributed by atoms with E-state index in [4.69, 9.17) is 5.11 Å². The molecule has 0 unspecified atom stereocenters. The zero-order chi connectivity index (χ0) is 12.8. The summed E-state index contributed by atoms with van der Waals surface area (Å²) in [6, 6.07) is 1.34. The van der Waals surface area contributed by atoms with Crippen LogP contribution in [0.3, 0.4) is 0 Å². The van der Waals surface area contributed by atoms with Crippen LogP contribution in [-0.4, -0.2) is 34.6 Å². The van der Waals surface area contributed by atoms with Gasteiger partial charge in [-0.3, -0.25) is 9.69 Å². The van der Waals surface area contributed by atoms with Crippen LogP contribution >= 0.6 is 0 Å². The average molecular weight is 319 g/mol. The Kier molecular flexibility index (Phi) is 8.17. The normalized spacial score (nSPS) is 22.2. The molecule has 0 bridgehead atoms. The van der Waals surface area contributed by atoms with Crippen LogP contribution in [0.5, 0.6) is 0 Å². The van der Waals surface area contributed by atoms with Gasteiger partial charge >= 0.3 is 5.97 Å². The first-order chi connectivity index (χ1) is 8.77. The third-order valence-electron chi connectivity index (χ3n) is 4.67. The largest absolute Gasteiger partial charge is 0.481 e. The maximum absolute atomic E-state index is 10.8. The van der Waals surface area contributed by atoms with Gasteiger partial charge in [-0.15, -0.1) is 0 Å². The van der Waals surface area contributed by atoms with E-state index in [1.165, 1.54) is 64.2 Å². The molecule has 0 heterocycles. The zero-order valence-electron chi connectivity index (χ0n) is 12.1. The van der Waals surface area contributed by atoms with Gasteiger partial charge in [0.25, 0.3) is 0 Å². The van der Waals surface area contributed by atoms with Gasteiger partial charge in [-0.1, -0.05) is 38.5 Å². The van der Waals surface area contributed by atoms with Crippen molar-refractivity contribution in [1.29, 1.82) is 0 Å². The summed E-state index contributed by atoms with van der Waals surface area (Å²) in [5.41, 5.74) is 0. The summed E-state index contributed by atoms with van der Waals surface area (Å²) >= 11 is 0. The molecule has 0 aromatic heterocycles. The smallest absolute Gasteiger partial charge is 0.304 e. The van der Waals surface area contributed by atoms with Gasteiger partial charge in [-0.05, 0) is 25.7 Å². The van der Waals surface area contributed by atoms with Crippen LogP contribution < -0.4 is 0 Å². The van der Waals surface area contributed by atoms with Crippen molar-refractivity contribution in [2.24, 2.45) is 0 Å². The first-order valence-electron chi connectivity index (χ1n) is 7.75. The predicted octanol–water partition coefficient (Wildman–Crippen LogP) is 3.43. The molecule has 4 heteroatoms. The molecule has 1 N–H and O–H groups in total. The van der Waals surface area contributed by atoms with Gasteiger partial charge in [0.1, 0.15) is 0 Å². The van der Waals surface area contributed by atoms with Gasteiger partial charge in [-0.2, -0.15) is 0 Å². The summed E-state index contributed by atoms with van der Waals surface area (Å²) < 4.78 is 0. The molecule has 19 heavy (non-hydrogen) atoms. The number of carboxylic acids is 1. The van der Waals surface area contributed by atoms with E-state index in [0.717, 1.165) is 6.54 Å². The number of hydrogen-bond acceptors (Lipinski definition) is 2. The van der Waals surface area contributed by atoms with E-state index in [-0.39, 0.29) is 19.5 Å². The molecule has 2 saturated carbocycles. The van der Waals surface area contributed by atoms with E-state index >= 15 is 0 Å². The molecule has 0 spiro atoms. The minimum atomic E-state index is -0.647. The number of aliphatic carboxylic acids is 1. The molecule has 0 aromatic carbocycles. The number of carboxylic acid groups (broad SMARTS) is 1. The topological polar surface area (TPSA) is 40.5 Å². The maximum Gasteiger partial charge on any atom is 0.304 e. The third kappa shape index (κ3) is 5.51. The monoisotopic (exact) mass is 317 g/mol. The Morgan fingerprint density at radius 1 is 0.895 bits per heavy atom. The summed E-state index contributed by atoms with van der Waals surface area (Å²) in [7, 11) is 0. The molecule has 2 rings (SSSR count). The summed E-state index contributed by atoms with van der Waals surface area (Å²) in [5.74, 6) is -0.647. The molecule has 0 amide bonds. The van der Waals surface area contributed by atoms with Crippen LogP contribution in [0.4, 0.5) is 0 Å². The summed E-state index contributed by atoms with van der Waals surface area (Å²) in [6.07, 6.45) is 13.5. The van der Waals surface area contributed by atoms with Crippen molar-refractivity contribution in [3.05, 3.63) is 0 Å². The molecule has 2 aliphatic carbocycles. The van der Waals surface area contributed by atoms with E-state index < -0.39 is 5.97 Å². The Morgan fingerprint density at radius 3 is 1.68 bits per heavy atom. The fourth-order valence-electron chi connectivity index (χ4n) is 3.71. The Bertz CT molecular complexity index is 243. The SMILES string of the molecule is O=C(O)CCN(C1CCCCC1)C1CCCCC1.[Zn]. The van der Waals surface area contributed by atoms with Crippen molar-refractivity contribution in [2.45, 2.75) is 82.7 Å². The second kappa shape index (κ2) is 9.07. The van der Waals surface area contributed by atoms with Gasteiger partial charge in [0.2, 0.25) is 0 Å². The van der Waals surface area contributed by atoms with Crippen LogP contribution in [0.2, 0.25) is 0 Å². The molecule has 0 atom stereocenters. The average Bonchev–Trinajstić information content (AvgIpc) is 2.41. The van der Waals surface area contributed by atoms with E-state index in [1.54, 1.807) is 0 Å². The number of rotatable bonds is 5. The van der Waals surface area contributed by atoms with Gasteiger partial charge in [0.05, 0.1) is 6.42 Å². The van der Waals surface area contributed by atoms with Crippen LogP contribution in [0.1, 0.15) is 70.6 Å². The second-order valence-corrected chi connectivity index (χ2v) is 5.97. The van der Waals surface area contributed by atoms with Crippen molar-refractivity contribution in [2.75, 3.05) is 6.54 Å². The maximum atomic E-state index is 10.8. The standard InChI is InChI=1S/C15H27NO2.Zn/c17-15(18)11-12-16(13-7-3-1-4-8-13)14-9-5-2-6-10-14;/h13-14H,1-12H2,(H,17,18);. The molecule has 3 nitrogen and oxygen atoms in total. The fraction of sp³-hybridized carbons (Fsp3) is 0.933. The summed E-state index contributed by atoms with van der Waals surface area (Å²) in [6.45, 7) is 0.769. The van der Waals surface area contributed by atoms with E-state index in [2.05, 4.69) is 4.90 Å². The number of hydrogen-bond donors (Lipinski definition) is 1. The first-order valence-corrected chi connectivity index (χ1v) is 7.75. The Morgan fingerprint density at radius 2 is 1.32 bits per heavy atom. The summed E-state index contributed by atoms with van der Waals surface area (Å²) in [4.78, 5) is 13.4. The second-order valence-electron chi connectivity index (χ2n) is 5.97. The van der Waals surface area contributed by atoms with Crippen molar-refractivity contribution >= 4 is 5.97 Å². The molecule has 106 valence electrons. The van der Waals surface area contributed by atoms with Gasteiger partial charge in [0, 0.05) is 38.1 Å². The minimum absolute atomic E-state index is 0. The van der Waals surface area contributed by atoms with Crippen LogP contribution in [0, 0.1) is 0 Å². The van der Waals surface area contributed by atoms with Crippen molar-refractivity contribution in [3.63, 3.8) is 0 Å². The zero-order valence-corrected chi connectivity index (χ0v) is 15.1. The van der Waals surface area contributed by atoms with Crippen molar-refractivity contribution < 1.29 is 29.4 Å². The summed E-state index contributed by atoms with van der Waals surface area (Å²) in [5, 5.41) is 8.93.